The summed E-state index contributed by atoms with van der Waals surface area (Å²) in [6.07, 6.45) is 5.57. The number of fused-ring (bicyclic) bond motifs is 3. The Morgan fingerprint density at radius 1 is 0.629 bits per heavy atom. The van der Waals surface area contributed by atoms with Crippen LogP contribution in [0.3, 0.4) is 0 Å². The fraction of sp³-hybridized carbons (Fsp3) is 0.346. The van der Waals surface area contributed by atoms with Gasteiger partial charge in [0.05, 0.1) is 35.0 Å². The molecule has 5 aromatic carbocycles. The Morgan fingerprint density at radius 3 is 1.73 bits per heavy atom. The largest absolute Gasteiger partial charge is 0.340 e. The highest BCUT2D eigenvalue weighted by Crippen LogP contribution is 2.39. The Labute approximate surface area is 365 Å². The number of aromatic nitrogens is 4. The number of carbonyl (C=O) groups is 2. The van der Waals surface area contributed by atoms with Gasteiger partial charge in [0.15, 0.2) is 0 Å². The van der Waals surface area contributed by atoms with Crippen LogP contribution in [0, 0.1) is 0 Å². The zero-order valence-electron chi connectivity index (χ0n) is 36.4. The van der Waals surface area contributed by atoms with E-state index in [9.17, 15) is 9.59 Å². The third kappa shape index (κ3) is 7.82. The molecule has 4 atom stereocenters. The fourth-order valence-corrected chi connectivity index (χ4v) is 10.1. The van der Waals surface area contributed by atoms with Crippen molar-refractivity contribution in [2.24, 2.45) is 0 Å². The number of aromatic amines is 2. The van der Waals surface area contributed by atoms with Crippen molar-refractivity contribution in [3.63, 3.8) is 0 Å². The van der Waals surface area contributed by atoms with Crippen molar-refractivity contribution < 1.29 is 9.59 Å². The first kappa shape index (κ1) is 41.3. The predicted molar refractivity (Wildman–Crippen MR) is 248 cm³/mol. The fourth-order valence-electron chi connectivity index (χ4n) is 10.1. The van der Waals surface area contributed by atoms with E-state index in [4.69, 9.17) is 9.97 Å². The number of hydrogen-bond donors (Lipinski definition) is 2. The summed E-state index contributed by atoms with van der Waals surface area (Å²) in [4.78, 5) is 54.6. The van der Waals surface area contributed by atoms with Gasteiger partial charge in [0.2, 0.25) is 11.8 Å². The van der Waals surface area contributed by atoms with Gasteiger partial charge in [-0.25, -0.2) is 9.97 Å². The number of benzene rings is 5. The predicted octanol–water partition coefficient (Wildman–Crippen LogP) is 10.3. The van der Waals surface area contributed by atoms with Crippen LogP contribution in [0.4, 0.5) is 0 Å². The van der Waals surface area contributed by atoms with Crippen LogP contribution >= 0.6 is 0 Å². The molecule has 0 bridgehead atoms. The maximum absolute atomic E-state index is 14.4. The van der Waals surface area contributed by atoms with Crippen LogP contribution < -0.4 is 0 Å². The summed E-state index contributed by atoms with van der Waals surface area (Å²) in [5.74, 6) is 1.98. The van der Waals surface area contributed by atoms with E-state index < -0.39 is 0 Å². The Hall–Kier alpha value is -6.10. The minimum absolute atomic E-state index is 0.0869. The molecule has 0 radical (unpaired) electrons. The van der Waals surface area contributed by atoms with Crippen LogP contribution in [0.15, 0.2) is 121 Å². The smallest absolute Gasteiger partial charge is 0.245 e. The van der Waals surface area contributed by atoms with Gasteiger partial charge in [-0.3, -0.25) is 19.4 Å². The quantitative estimate of drug-likeness (QED) is 0.113. The average molecular weight is 827 g/mol. The summed E-state index contributed by atoms with van der Waals surface area (Å²) in [5.41, 5.74) is 8.22. The highest BCUT2D eigenvalue weighted by molar-refractivity contribution is 6.05. The van der Waals surface area contributed by atoms with Gasteiger partial charge in [-0.05, 0) is 97.2 Å². The molecule has 0 aliphatic carbocycles. The average Bonchev–Trinajstić information content (AvgIpc) is 4.17. The van der Waals surface area contributed by atoms with Crippen molar-refractivity contribution in [1.82, 2.24) is 39.5 Å². The minimum atomic E-state index is -0.322. The lowest BCUT2D eigenvalue weighted by Crippen LogP contribution is -2.43. The van der Waals surface area contributed by atoms with Crippen molar-refractivity contribution in [2.75, 3.05) is 39.3 Å². The molecule has 10 heteroatoms. The van der Waals surface area contributed by atoms with Crippen molar-refractivity contribution >= 4 is 33.6 Å². The Balaban J connectivity index is 0.922. The first-order valence-electron chi connectivity index (χ1n) is 22.7. The van der Waals surface area contributed by atoms with E-state index in [0.29, 0.717) is 0 Å². The monoisotopic (exact) mass is 826 g/mol. The summed E-state index contributed by atoms with van der Waals surface area (Å²) in [6, 6.07) is 39.0. The molecule has 2 N–H and O–H groups in total. The Bertz CT molecular complexity index is 2630. The molecule has 2 fully saturated rings. The Morgan fingerprint density at radius 2 is 1.16 bits per heavy atom. The van der Waals surface area contributed by atoms with Crippen LogP contribution in [0.5, 0.6) is 0 Å². The second-order valence-electron chi connectivity index (χ2n) is 16.7. The molecule has 62 heavy (non-hydrogen) atoms. The van der Waals surface area contributed by atoms with Crippen molar-refractivity contribution in [2.45, 2.75) is 77.5 Å². The standard InChI is InChI=1S/C52H58N8O2/c1-5-57(6-2)47(37-17-11-9-12-18-37)51(61)59-31-15-21-44(59)49-53-34-43(55-49)36-25-23-35(24-26-36)39-27-29-41-40(33-39)28-30-42-46(41)56-50(54-42)45-22-16-32-60(45)52(62)48(58(7-3)8-4)38-19-13-10-14-20-38/h9-14,17-20,23-30,33-34,44-45,47-48H,5-8,15-16,21-22,31-32H2,1-4H3,(H,53,55)(H,54,56)/t44-,45-,47+,48+/m0/s1. The van der Waals surface area contributed by atoms with Crippen LogP contribution in [0.1, 0.15) is 100 Å². The number of imidazole rings is 2. The number of nitrogens with one attached hydrogen (secondary N) is 2. The molecular formula is C52H58N8O2. The van der Waals surface area contributed by atoms with E-state index in [1.54, 1.807) is 0 Å². The normalized spacial score (nSPS) is 17.8. The number of likely N-dealkylation sites (tertiary alicyclic amines) is 2. The van der Waals surface area contributed by atoms with E-state index in [1.165, 1.54) is 0 Å². The summed E-state index contributed by atoms with van der Waals surface area (Å²) >= 11 is 0. The van der Waals surface area contributed by atoms with Gasteiger partial charge in [-0.15, -0.1) is 0 Å². The maximum Gasteiger partial charge on any atom is 0.245 e. The SMILES string of the molecule is CCN(CC)[C@@H](C(=O)N1CCC[C@H]1c1ncc(-c2ccc(-c3ccc4c(ccc5[nH]c([C@@H]6CCCN6C(=O)[C@@H](c6ccccc6)N(CC)CC)nc54)c3)cc2)[nH]1)c1ccccc1. The summed E-state index contributed by atoms with van der Waals surface area (Å²) < 4.78 is 0. The number of amides is 2. The molecule has 7 aromatic rings. The Kier molecular flexibility index (Phi) is 12.0. The molecule has 0 saturated carbocycles. The van der Waals surface area contributed by atoms with E-state index >= 15 is 0 Å². The second kappa shape index (κ2) is 18.1. The summed E-state index contributed by atoms with van der Waals surface area (Å²) in [7, 11) is 0. The summed E-state index contributed by atoms with van der Waals surface area (Å²) in [6.45, 7) is 13.1. The zero-order valence-corrected chi connectivity index (χ0v) is 36.4. The molecule has 2 saturated heterocycles. The first-order valence-corrected chi connectivity index (χ1v) is 22.7. The molecule has 2 aromatic heterocycles. The van der Waals surface area contributed by atoms with Crippen LogP contribution in [-0.4, -0.2) is 90.6 Å². The van der Waals surface area contributed by atoms with Gasteiger partial charge < -0.3 is 19.8 Å². The van der Waals surface area contributed by atoms with E-state index in [0.717, 1.165) is 132 Å². The number of H-pyrrole nitrogens is 2. The lowest BCUT2D eigenvalue weighted by Gasteiger charge is -2.34. The minimum Gasteiger partial charge on any atom is -0.340 e. The second-order valence-corrected chi connectivity index (χ2v) is 16.7. The number of carbonyl (C=O) groups excluding carboxylic acids is 2. The number of hydrogen-bond acceptors (Lipinski definition) is 6. The first-order chi connectivity index (χ1) is 30.4. The van der Waals surface area contributed by atoms with E-state index in [2.05, 4.69) is 131 Å². The molecule has 318 valence electrons. The molecule has 10 nitrogen and oxygen atoms in total. The lowest BCUT2D eigenvalue weighted by atomic mass is 9.99. The molecule has 2 amide bonds. The molecule has 0 spiro atoms. The number of rotatable bonds is 14. The molecule has 0 unspecified atom stereocenters. The lowest BCUT2D eigenvalue weighted by molar-refractivity contribution is -0.139. The molecule has 9 rings (SSSR count). The van der Waals surface area contributed by atoms with Gasteiger partial charge in [-0.2, -0.15) is 0 Å². The topological polar surface area (TPSA) is 104 Å². The van der Waals surface area contributed by atoms with E-state index in [-0.39, 0.29) is 36.0 Å². The van der Waals surface area contributed by atoms with Crippen LogP contribution in [-0.2, 0) is 9.59 Å². The van der Waals surface area contributed by atoms with Gasteiger partial charge >= 0.3 is 0 Å². The highest BCUT2D eigenvalue weighted by atomic mass is 16.2. The van der Waals surface area contributed by atoms with Gasteiger partial charge in [0, 0.05) is 18.5 Å². The van der Waals surface area contributed by atoms with Gasteiger partial charge in [0.1, 0.15) is 23.7 Å². The van der Waals surface area contributed by atoms with Gasteiger partial charge in [-0.1, -0.05) is 131 Å². The third-order valence-corrected chi connectivity index (χ3v) is 13.4. The van der Waals surface area contributed by atoms with Crippen LogP contribution in [0.25, 0.3) is 44.2 Å². The van der Waals surface area contributed by atoms with Crippen LogP contribution in [0.2, 0.25) is 0 Å². The molecule has 2 aliphatic rings. The molecular weight excluding hydrogens is 769 g/mol. The zero-order chi connectivity index (χ0) is 42.7. The maximum atomic E-state index is 14.4. The highest BCUT2D eigenvalue weighted by Gasteiger charge is 2.39. The van der Waals surface area contributed by atoms with Gasteiger partial charge in [0.25, 0.3) is 0 Å². The van der Waals surface area contributed by atoms with Crippen molar-refractivity contribution in [3.8, 4) is 22.4 Å². The molecule has 4 heterocycles. The van der Waals surface area contributed by atoms with Crippen molar-refractivity contribution in [1.29, 1.82) is 0 Å². The van der Waals surface area contributed by atoms with E-state index in [1.807, 2.05) is 47.5 Å². The molecule has 2 aliphatic heterocycles. The summed E-state index contributed by atoms with van der Waals surface area (Å²) in [5, 5.41) is 2.20. The number of nitrogens with zero attached hydrogens (tertiary/aromatic N) is 6. The third-order valence-electron chi connectivity index (χ3n) is 13.4. The van der Waals surface area contributed by atoms with Crippen molar-refractivity contribution in [3.05, 3.63) is 144 Å². The number of likely N-dealkylation sites (N-methyl/N-ethyl adjacent to an activating group) is 2.